The number of nitrogens with zero attached hydrogens (tertiary/aromatic N) is 2. The molecule has 0 unspecified atom stereocenters. The molecule has 0 saturated carbocycles. The maximum atomic E-state index is 12.1. The van der Waals surface area contributed by atoms with Crippen molar-refractivity contribution < 1.29 is 0 Å². The zero-order chi connectivity index (χ0) is 17.5. The van der Waals surface area contributed by atoms with Gasteiger partial charge in [0, 0.05) is 13.1 Å². The van der Waals surface area contributed by atoms with Gasteiger partial charge in [-0.15, -0.1) is 0 Å². The SMILES string of the molecule is CCN(CC)CCNc1c(N)n(Cc2ccccc2)c(=O)[nH]c1=O. The third-order valence-electron chi connectivity index (χ3n) is 4.05. The Bertz CT molecular complexity index is 763. The quantitative estimate of drug-likeness (QED) is 0.668. The van der Waals surface area contributed by atoms with Gasteiger partial charge in [-0.1, -0.05) is 44.2 Å². The topological polar surface area (TPSA) is 96.2 Å². The summed E-state index contributed by atoms with van der Waals surface area (Å²) < 4.78 is 1.37. The van der Waals surface area contributed by atoms with Gasteiger partial charge in [0.25, 0.3) is 5.56 Å². The Morgan fingerprint density at radius 1 is 1.17 bits per heavy atom. The Balaban J connectivity index is 2.21. The summed E-state index contributed by atoms with van der Waals surface area (Å²) in [6, 6.07) is 9.51. The number of aromatic amines is 1. The van der Waals surface area contributed by atoms with E-state index in [4.69, 9.17) is 5.73 Å². The van der Waals surface area contributed by atoms with Crippen LogP contribution in [0.25, 0.3) is 0 Å². The summed E-state index contributed by atoms with van der Waals surface area (Å²) in [6.45, 7) is 7.75. The van der Waals surface area contributed by atoms with E-state index < -0.39 is 11.2 Å². The summed E-state index contributed by atoms with van der Waals surface area (Å²) in [7, 11) is 0. The van der Waals surface area contributed by atoms with Crippen molar-refractivity contribution in [1.29, 1.82) is 0 Å². The molecule has 7 nitrogen and oxygen atoms in total. The number of aromatic nitrogens is 2. The maximum Gasteiger partial charge on any atom is 0.330 e. The molecule has 0 fully saturated rings. The highest BCUT2D eigenvalue weighted by Gasteiger charge is 2.12. The molecule has 24 heavy (non-hydrogen) atoms. The van der Waals surface area contributed by atoms with Gasteiger partial charge in [-0.05, 0) is 18.7 Å². The van der Waals surface area contributed by atoms with Crippen molar-refractivity contribution in [3.05, 3.63) is 56.7 Å². The fourth-order valence-corrected chi connectivity index (χ4v) is 2.56. The van der Waals surface area contributed by atoms with Crippen molar-refractivity contribution in [3.63, 3.8) is 0 Å². The van der Waals surface area contributed by atoms with E-state index in [0.717, 1.165) is 25.2 Å². The van der Waals surface area contributed by atoms with E-state index >= 15 is 0 Å². The fraction of sp³-hybridized carbons (Fsp3) is 0.412. The second-order valence-corrected chi connectivity index (χ2v) is 5.54. The van der Waals surface area contributed by atoms with Crippen molar-refractivity contribution in [2.24, 2.45) is 0 Å². The predicted octanol–water partition coefficient (Wildman–Crippen LogP) is 0.921. The minimum Gasteiger partial charge on any atom is -0.383 e. The number of nitrogens with one attached hydrogen (secondary N) is 2. The van der Waals surface area contributed by atoms with Crippen LogP contribution in [0.5, 0.6) is 0 Å². The largest absolute Gasteiger partial charge is 0.383 e. The molecule has 1 aromatic heterocycles. The Hall–Kier alpha value is -2.54. The number of likely N-dealkylation sites (N-methyl/N-ethyl adjacent to an activating group) is 1. The van der Waals surface area contributed by atoms with Gasteiger partial charge in [-0.3, -0.25) is 14.3 Å². The number of hydrogen-bond acceptors (Lipinski definition) is 5. The van der Waals surface area contributed by atoms with E-state index in [-0.39, 0.29) is 11.5 Å². The zero-order valence-electron chi connectivity index (χ0n) is 14.2. The number of benzene rings is 1. The normalized spacial score (nSPS) is 11.0. The average Bonchev–Trinajstić information content (AvgIpc) is 2.59. The van der Waals surface area contributed by atoms with Gasteiger partial charge in [0.2, 0.25) is 0 Å². The van der Waals surface area contributed by atoms with E-state index in [2.05, 4.69) is 29.0 Å². The number of hydrogen-bond donors (Lipinski definition) is 3. The summed E-state index contributed by atoms with van der Waals surface area (Å²) in [5.41, 5.74) is 6.28. The molecule has 0 saturated heterocycles. The standard InChI is InChI=1S/C17H25N5O2/c1-3-21(4-2)11-10-19-14-15(18)22(17(24)20-16(14)23)12-13-8-6-5-7-9-13/h5-9,19H,3-4,10-12,18H2,1-2H3,(H,20,23,24). The Morgan fingerprint density at radius 2 is 1.83 bits per heavy atom. The molecule has 4 N–H and O–H groups in total. The van der Waals surface area contributed by atoms with E-state index in [1.165, 1.54) is 4.57 Å². The van der Waals surface area contributed by atoms with E-state index in [9.17, 15) is 9.59 Å². The van der Waals surface area contributed by atoms with Crippen LogP contribution >= 0.6 is 0 Å². The van der Waals surface area contributed by atoms with Crippen molar-refractivity contribution in [2.75, 3.05) is 37.2 Å². The summed E-state index contributed by atoms with van der Waals surface area (Å²) >= 11 is 0. The van der Waals surface area contributed by atoms with Gasteiger partial charge in [-0.25, -0.2) is 4.79 Å². The first kappa shape index (κ1) is 17.8. The highest BCUT2D eigenvalue weighted by Crippen LogP contribution is 2.12. The molecule has 2 aromatic rings. The highest BCUT2D eigenvalue weighted by atomic mass is 16.2. The van der Waals surface area contributed by atoms with Gasteiger partial charge in [-0.2, -0.15) is 0 Å². The van der Waals surface area contributed by atoms with Crippen molar-refractivity contribution in [1.82, 2.24) is 14.5 Å². The Morgan fingerprint density at radius 3 is 2.46 bits per heavy atom. The van der Waals surface area contributed by atoms with Crippen LogP contribution in [-0.4, -0.2) is 40.6 Å². The first-order valence-corrected chi connectivity index (χ1v) is 8.19. The van der Waals surface area contributed by atoms with Crippen LogP contribution in [-0.2, 0) is 6.54 Å². The van der Waals surface area contributed by atoms with Gasteiger partial charge < -0.3 is 16.0 Å². The Kier molecular flexibility index (Phi) is 6.20. The van der Waals surface area contributed by atoms with Crippen LogP contribution in [0, 0.1) is 0 Å². The molecule has 0 bridgehead atoms. The molecular formula is C17H25N5O2. The zero-order valence-corrected chi connectivity index (χ0v) is 14.2. The second-order valence-electron chi connectivity index (χ2n) is 5.54. The van der Waals surface area contributed by atoms with Crippen LogP contribution in [0.2, 0.25) is 0 Å². The molecule has 1 heterocycles. The molecule has 0 spiro atoms. The second kappa shape index (κ2) is 8.35. The van der Waals surface area contributed by atoms with Gasteiger partial charge in [0.1, 0.15) is 11.5 Å². The van der Waals surface area contributed by atoms with Crippen molar-refractivity contribution in [3.8, 4) is 0 Å². The van der Waals surface area contributed by atoms with Gasteiger partial charge >= 0.3 is 5.69 Å². The third-order valence-corrected chi connectivity index (χ3v) is 4.05. The summed E-state index contributed by atoms with van der Waals surface area (Å²) in [5, 5.41) is 3.06. The number of nitrogen functional groups attached to an aromatic ring is 1. The van der Waals surface area contributed by atoms with Crippen LogP contribution in [0.4, 0.5) is 11.5 Å². The molecular weight excluding hydrogens is 306 g/mol. The molecule has 0 atom stereocenters. The summed E-state index contributed by atoms with van der Waals surface area (Å²) in [4.78, 5) is 28.7. The Labute approximate surface area is 141 Å². The van der Waals surface area contributed by atoms with E-state index in [0.29, 0.717) is 13.1 Å². The van der Waals surface area contributed by atoms with Gasteiger partial charge in [0.05, 0.1) is 6.54 Å². The third kappa shape index (κ3) is 4.26. The molecule has 2 rings (SSSR count). The van der Waals surface area contributed by atoms with Crippen LogP contribution in [0.15, 0.2) is 39.9 Å². The van der Waals surface area contributed by atoms with E-state index in [1.807, 2.05) is 30.3 Å². The molecule has 0 amide bonds. The summed E-state index contributed by atoms with van der Waals surface area (Å²) in [6.07, 6.45) is 0. The van der Waals surface area contributed by atoms with Gasteiger partial charge in [0.15, 0.2) is 0 Å². The smallest absolute Gasteiger partial charge is 0.330 e. The lowest BCUT2D eigenvalue weighted by Crippen LogP contribution is -2.36. The lowest BCUT2D eigenvalue weighted by molar-refractivity contribution is 0.316. The lowest BCUT2D eigenvalue weighted by Gasteiger charge is -2.19. The first-order chi connectivity index (χ1) is 11.6. The van der Waals surface area contributed by atoms with E-state index in [1.54, 1.807) is 0 Å². The van der Waals surface area contributed by atoms with Crippen molar-refractivity contribution in [2.45, 2.75) is 20.4 Å². The lowest BCUT2D eigenvalue weighted by atomic mass is 10.2. The molecule has 0 radical (unpaired) electrons. The van der Waals surface area contributed by atoms with Crippen LogP contribution < -0.4 is 22.3 Å². The van der Waals surface area contributed by atoms with Crippen LogP contribution in [0.1, 0.15) is 19.4 Å². The number of nitrogens with two attached hydrogens (primary N) is 1. The van der Waals surface area contributed by atoms with Crippen molar-refractivity contribution >= 4 is 11.5 Å². The monoisotopic (exact) mass is 331 g/mol. The average molecular weight is 331 g/mol. The predicted molar refractivity (Wildman–Crippen MR) is 97.6 cm³/mol. The molecule has 0 aliphatic rings. The molecule has 0 aliphatic carbocycles. The number of rotatable bonds is 8. The first-order valence-electron chi connectivity index (χ1n) is 8.19. The number of anilines is 2. The highest BCUT2D eigenvalue weighted by molar-refractivity contribution is 5.60. The molecule has 1 aromatic carbocycles. The number of H-pyrrole nitrogens is 1. The molecule has 7 heteroatoms. The van der Waals surface area contributed by atoms with Crippen LogP contribution in [0.3, 0.4) is 0 Å². The fourth-order valence-electron chi connectivity index (χ4n) is 2.56. The molecule has 130 valence electrons. The maximum absolute atomic E-state index is 12.1. The minimum atomic E-state index is -0.504. The minimum absolute atomic E-state index is 0.159. The molecule has 0 aliphatic heterocycles. The summed E-state index contributed by atoms with van der Waals surface area (Å²) in [5.74, 6) is 0.159.